The van der Waals surface area contributed by atoms with E-state index in [1.165, 1.54) is 0 Å². The van der Waals surface area contributed by atoms with Gasteiger partial charge in [-0.2, -0.15) is 5.26 Å². The second kappa shape index (κ2) is 5.66. The zero-order valence-electron chi connectivity index (χ0n) is 9.55. The van der Waals surface area contributed by atoms with Crippen LogP contribution in [0.15, 0.2) is 24.8 Å². The maximum atomic E-state index is 10.7. The van der Waals surface area contributed by atoms with E-state index in [9.17, 15) is 4.79 Å². The van der Waals surface area contributed by atoms with Crippen LogP contribution >= 0.6 is 0 Å². The van der Waals surface area contributed by atoms with Crippen LogP contribution in [0, 0.1) is 18.3 Å². The summed E-state index contributed by atoms with van der Waals surface area (Å²) in [6.45, 7) is 5.53. The van der Waals surface area contributed by atoms with Crippen molar-refractivity contribution in [3.05, 3.63) is 36.0 Å². The molecule has 0 unspecified atom stereocenters. The highest BCUT2D eigenvalue weighted by atomic mass is 16.4. The average Bonchev–Trinajstić information content (AvgIpc) is 2.27. The number of aliphatic carboxylic acids is 1. The van der Waals surface area contributed by atoms with Gasteiger partial charge in [0.25, 0.3) is 0 Å². The first-order valence-electron chi connectivity index (χ1n) is 5.03. The van der Waals surface area contributed by atoms with Crippen LogP contribution in [0.3, 0.4) is 0 Å². The van der Waals surface area contributed by atoms with Crippen LogP contribution in [-0.4, -0.2) is 29.1 Å². The molecule has 0 fully saturated rings. The summed E-state index contributed by atoms with van der Waals surface area (Å²) in [5.74, 6) is -0.475. The fourth-order valence-electron chi connectivity index (χ4n) is 1.44. The summed E-state index contributed by atoms with van der Waals surface area (Å²) in [7, 11) is 0. The molecule has 0 bridgehead atoms. The third-order valence-corrected chi connectivity index (χ3v) is 2.07. The minimum absolute atomic E-state index is 0.173. The van der Waals surface area contributed by atoms with E-state index in [0.717, 1.165) is 0 Å². The van der Waals surface area contributed by atoms with E-state index in [1.807, 2.05) is 6.07 Å². The molecule has 0 aliphatic heterocycles. The van der Waals surface area contributed by atoms with Crippen LogP contribution in [0.1, 0.15) is 11.3 Å². The number of nitriles is 1. The van der Waals surface area contributed by atoms with Gasteiger partial charge >= 0.3 is 5.97 Å². The number of aromatic nitrogens is 1. The Labute approximate surface area is 99.6 Å². The Morgan fingerprint density at radius 2 is 2.41 bits per heavy atom. The third kappa shape index (κ3) is 3.61. The van der Waals surface area contributed by atoms with Gasteiger partial charge in [-0.1, -0.05) is 6.08 Å². The molecule has 0 aliphatic carbocycles. The summed E-state index contributed by atoms with van der Waals surface area (Å²) in [5.41, 5.74) is 1.14. The van der Waals surface area contributed by atoms with Crippen molar-refractivity contribution < 1.29 is 9.90 Å². The molecule has 0 saturated heterocycles. The molecule has 88 valence electrons. The smallest absolute Gasteiger partial charge is 0.323 e. The predicted octanol–water partition coefficient (Wildman–Crippen LogP) is 1.34. The van der Waals surface area contributed by atoms with Crippen LogP contribution in [0.5, 0.6) is 0 Å². The lowest BCUT2D eigenvalue weighted by molar-refractivity contribution is -0.135. The van der Waals surface area contributed by atoms with Crippen molar-refractivity contribution >= 4 is 11.8 Å². The van der Waals surface area contributed by atoms with E-state index in [-0.39, 0.29) is 6.54 Å². The Kier molecular flexibility index (Phi) is 4.23. The van der Waals surface area contributed by atoms with E-state index in [1.54, 1.807) is 30.0 Å². The Morgan fingerprint density at radius 3 is 2.94 bits per heavy atom. The number of carboxylic acid groups (broad SMARTS) is 1. The lowest BCUT2D eigenvalue weighted by Gasteiger charge is -2.20. The van der Waals surface area contributed by atoms with E-state index in [4.69, 9.17) is 10.4 Å². The summed E-state index contributed by atoms with van der Waals surface area (Å²) in [6, 6.07) is 5.24. The normalized spacial score (nSPS) is 9.41. The fraction of sp³-hybridized carbons (Fsp3) is 0.250. The van der Waals surface area contributed by atoms with Gasteiger partial charge in [-0.05, 0) is 19.1 Å². The number of nitrogens with zero attached hydrogens (tertiary/aromatic N) is 3. The molecule has 5 heteroatoms. The third-order valence-electron chi connectivity index (χ3n) is 2.07. The quantitative estimate of drug-likeness (QED) is 0.774. The van der Waals surface area contributed by atoms with Crippen LogP contribution in [0.4, 0.5) is 5.82 Å². The molecule has 0 spiro atoms. The fourth-order valence-corrected chi connectivity index (χ4v) is 1.44. The molecule has 0 aromatic carbocycles. The summed E-state index contributed by atoms with van der Waals surface area (Å²) >= 11 is 0. The van der Waals surface area contributed by atoms with E-state index < -0.39 is 5.97 Å². The summed E-state index contributed by atoms with van der Waals surface area (Å²) < 4.78 is 0. The van der Waals surface area contributed by atoms with Gasteiger partial charge in [0.15, 0.2) is 0 Å². The zero-order chi connectivity index (χ0) is 12.8. The molecular weight excluding hydrogens is 218 g/mol. The van der Waals surface area contributed by atoms with Crippen LogP contribution < -0.4 is 4.90 Å². The molecule has 17 heavy (non-hydrogen) atoms. The summed E-state index contributed by atoms with van der Waals surface area (Å²) in [5, 5.41) is 17.6. The van der Waals surface area contributed by atoms with Gasteiger partial charge in [0.05, 0.1) is 11.6 Å². The maximum Gasteiger partial charge on any atom is 0.323 e. The van der Waals surface area contributed by atoms with Gasteiger partial charge in [0, 0.05) is 12.2 Å². The number of aryl methyl sites for hydroxylation is 1. The molecular formula is C12H13N3O2. The zero-order valence-corrected chi connectivity index (χ0v) is 9.55. The molecule has 1 rings (SSSR count). The van der Waals surface area contributed by atoms with Crippen LogP contribution in [0.2, 0.25) is 0 Å². The minimum Gasteiger partial charge on any atom is -0.480 e. The summed E-state index contributed by atoms with van der Waals surface area (Å²) in [6.07, 6.45) is 1.60. The van der Waals surface area contributed by atoms with Crippen LogP contribution in [0.25, 0.3) is 0 Å². The van der Waals surface area contributed by atoms with Crippen molar-refractivity contribution in [2.24, 2.45) is 0 Å². The molecule has 1 N–H and O–H groups in total. The van der Waals surface area contributed by atoms with Crippen molar-refractivity contribution in [3.8, 4) is 6.07 Å². The summed E-state index contributed by atoms with van der Waals surface area (Å²) in [4.78, 5) is 16.5. The number of hydrogen-bond donors (Lipinski definition) is 1. The topological polar surface area (TPSA) is 77.2 Å². The Bertz CT molecular complexity index is 477. The first-order chi connectivity index (χ1) is 8.06. The number of anilines is 1. The molecule has 5 nitrogen and oxygen atoms in total. The highest BCUT2D eigenvalue weighted by molar-refractivity contribution is 5.73. The van der Waals surface area contributed by atoms with Gasteiger partial charge in [-0.3, -0.25) is 4.79 Å². The molecule has 1 aromatic rings. The Balaban J connectivity index is 3.08. The number of carboxylic acids is 1. The minimum atomic E-state index is -0.950. The number of hydrogen-bond acceptors (Lipinski definition) is 4. The largest absolute Gasteiger partial charge is 0.480 e. The highest BCUT2D eigenvalue weighted by Crippen LogP contribution is 2.14. The number of rotatable bonds is 5. The number of pyridine rings is 1. The Morgan fingerprint density at radius 1 is 1.71 bits per heavy atom. The molecule has 0 atom stereocenters. The second-order valence-corrected chi connectivity index (χ2v) is 3.53. The van der Waals surface area contributed by atoms with Crippen molar-refractivity contribution in [1.29, 1.82) is 5.26 Å². The van der Waals surface area contributed by atoms with Crippen molar-refractivity contribution in [3.63, 3.8) is 0 Å². The number of carbonyl (C=O) groups is 1. The van der Waals surface area contributed by atoms with E-state index in [0.29, 0.717) is 23.6 Å². The monoisotopic (exact) mass is 231 g/mol. The molecule has 0 aliphatic rings. The van der Waals surface area contributed by atoms with Gasteiger partial charge in [-0.25, -0.2) is 4.98 Å². The van der Waals surface area contributed by atoms with Gasteiger partial charge in [-0.15, -0.1) is 6.58 Å². The lowest BCUT2D eigenvalue weighted by Crippen LogP contribution is -2.30. The average molecular weight is 231 g/mol. The van der Waals surface area contributed by atoms with Crippen molar-refractivity contribution in [2.45, 2.75) is 6.92 Å². The second-order valence-electron chi connectivity index (χ2n) is 3.53. The Hall–Kier alpha value is -2.35. The molecule has 1 aromatic heterocycles. The van der Waals surface area contributed by atoms with Gasteiger partial charge in [0.1, 0.15) is 12.4 Å². The first kappa shape index (κ1) is 12.7. The SMILES string of the molecule is C=CCN(CC(=O)O)c1cc(C#N)cc(C)n1. The first-order valence-corrected chi connectivity index (χ1v) is 5.03. The lowest BCUT2D eigenvalue weighted by atomic mass is 10.2. The predicted molar refractivity (Wildman–Crippen MR) is 63.7 cm³/mol. The molecule has 0 amide bonds. The van der Waals surface area contributed by atoms with E-state index >= 15 is 0 Å². The molecule has 0 saturated carbocycles. The highest BCUT2D eigenvalue weighted by Gasteiger charge is 2.11. The van der Waals surface area contributed by atoms with Crippen LogP contribution in [-0.2, 0) is 4.79 Å². The standard InChI is InChI=1S/C12H13N3O2/c1-3-4-15(8-12(16)17)11-6-10(7-13)5-9(2)14-11/h3,5-6H,1,4,8H2,2H3,(H,16,17). The van der Waals surface area contributed by atoms with E-state index in [2.05, 4.69) is 11.6 Å². The van der Waals surface area contributed by atoms with Gasteiger partial charge < -0.3 is 10.0 Å². The van der Waals surface area contributed by atoms with Crippen molar-refractivity contribution in [1.82, 2.24) is 4.98 Å². The van der Waals surface area contributed by atoms with Crippen molar-refractivity contribution in [2.75, 3.05) is 18.0 Å². The van der Waals surface area contributed by atoms with Gasteiger partial charge in [0.2, 0.25) is 0 Å². The molecule has 1 heterocycles. The maximum absolute atomic E-state index is 10.7. The molecule has 0 radical (unpaired) electrons.